The number of nitrogens with zero attached hydrogens (tertiary/aromatic N) is 1. The molecule has 6 heteroatoms. The first-order valence-corrected chi connectivity index (χ1v) is 8.60. The number of ether oxygens (including phenoxy) is 1. The number of carboxylic acid groups (broad SMARTS) is 1. The highest BCUT2D eigenvalue weighted by Gasteiger charge is 2.25. The van der Waals surface area contributed by atoms with E-state index in [0.717, 1.165) is 51.9 Å². The summed E-state index contributed by atoms with van der Waals surface area (Å²) in [5.41, 5.74) is 0.533. The first-order valence-electron chi connectivity index (χ1n) is 8.60. The van der Waals surface area contributed by atoms with Crippen LogP contribution in [0.3, 0.4) is 0 Å². The highest BCUT2D eigenvalue weighted by molar-refractivity contribution is 5.97. The number of hydrogen-bond acceptors (Lipinski definition) is 4. The SMILES string of the molecule is O=C(O)c1cccc(C(=O)NC2CCN(C[C@H]3CCCO3)CC2)c1. The number of carbonyl (C=O) groups is 2. The molecule has 130 valence electrons. The Hall–Kier alpha value is -1.92. The van der Waals surface area contributed by atoms with Gasteiger partial charge in [0.15, 0.2) is 0 Å². The van der Waals surface area contributed by atoms with Crippen molar-refractivity contribution in [1.82, 2.24) is 10.2 Å². The summed E-state index contributed by atoms with van der Waals surface area (Å²) in [6.45, 7) is 3.79. The van der Waals surface area contributed by atoms with E-state index in [1.54, 1.807) is 12.1 Å². The normalized spacial score (nSPS) is 22.4. The summed E-state index contributed by atoms with van der Waals surface area (Å²) in [7, 11) is 0. The molecule has 0 bridgehead atoms. The lowest BCUT2D eigenvalue weighted by atomic mass is 10.0. The zero-order valence-electron chi connectivity index (χ0n) is 13.7. The van der Waals surface area contributed by atoms with Crippen molar-refractivity contribution >= 4 is 11.9 Å². The van der Waals surface area contributed by atoms with Crippen LogP contribution in [0.5, 0.6) is 0 Å². The van der Waals surface area contributed by atoms with Crippen LogP contribution in [-0.4, -0.2) is 60.3 Å². The largest absolute Gasteiger partial charge is 0.478 e. The Kier molecular flexibility index (Phi) is 5.48. The van der Waals surface area contributed by atoms with Crippen molar-refractivity contribution in [2.45, 2.75) is 37.8 Å². The minimum atomic E-state index is -1.02. The fraction of sp³-hybridized carbons (Fsp3) is 0.556. The fourth-order valence-electron chi connectivity index (χ4n) is 3.40. The van der Waals surface area contributed by atoms with Gasteiger partial charge in [-0.2, -0.15) is 0 Å². The van der Waals surface area contributed by atoms with Gasteiger partial charge in [-0.3, -0.25) is 4.79 Å². The van der Waals surface area contributed by atoms with Gasteiger partial charge in [-0.25, -0.2) is 4.79 Å². The molecule has 2 aliphatic heterocycles. The monoisotopic (exact) mass is 332 g/mol. The number of amides is 1. The average molecular weight is 332 g/mol. The van der Waals surface area contributed by atoms with Crippen molar-refractivity contribution < 1.29 is 19.4 Å². The van der Waals surface area contributed by atoms with Gasteiger partial charge in [0.25, 0.3) is 5.91 Å². The van der Waals surface area contributed by atoms with E-state index in [-0.39, 0.29) is 17.5 Å². The number of carbonyl (C=O) groups excluding carboxylic acids is 1. The van der Waals surface area contributed by atoms with E-state index in [1.165, 1.54) is 12.1 Å². The van der Waals surface area contributed by atoms with E-state index in [1.807, 2.05) is 0 Å². The van der Waals surface area contributed by atoms with Gasteiger partial charge in [-0.15, -0.1) is 0 Å². The van der Waals surface area contributed by atoms with Crippen LogP contribution in [0.1, 0.15) is 46.4 Å². The molecule has 0 aromatic heterocycles. The van der Waals surface area contributed by atoms with E-state index in [4.69, 9.17) is 9.84 Å². The lowest BCUT2D eigenvalue weighted by Crippen LogP contribution is -2.46. The van der Waals surface area contributed by atoms with Crippen molar-refractivity contribution in [2.24, 2.45) is 0 Å². The summed E-state index contributed by atoms with van der Waals surface area (Å²) in [6, 6.07) is 6.30. The van der Waals surface area contributed by atoms with Crippen LogP contribution in [0.15, 0.2) is 24.3 Å². The zero-order valence-corrected chi connectivity index (χ0v) is 13.7. The third-order valence-electron chi connectivity index (χ3n) is 4.78. The first-order chi connectivity index (χ1) is 11.6. The van der Waals surface area contributed by atoms with Crippen LogP contribution in [-0.2, 0) is 4.74 Å². The van der Waals surface area contributed by atoms with Crippen LogP contribution in [0.25, 0.3) is 0 Å². The van der Waals surface area contributed by atoms with Gasteiger partial charge >= 0.3 is 5.97 Å². The molecule has 1 aromatic carbocycles. The van der Waals surface area contributed by atoms with Gasteiger partial charge in [-0.05, 0) is 43.9 Å². The van der Waals surface area contributed by atoms with E-state index < -0.39 is 5.97 Å². The molecule has 2 aliphatic rings. The molecule has 0 aliphatic carbocycles. The van der Waals surface area contributed by atoms with Crippen LogP contribution in [0.4, 0.5) is 0 Å². The third-order valence-corrected chi connectivity index (χ3v) is 4.78. The number of carboxylic acids is 1. The Balaban J connectivity index is 1.47. The standard InChI is InChI=1S/C18H24N2O4/c21-17(13-3-1-4-14(11-13)18(22)23)19-15-6-8-20(9-7-15)12-16-5-2-10-24-16/h1,3-4,11,15-16H,2,5-10,12H2,(H,19,21)(H,22,23)/t16-/m1/s1. The zero-order chi connectivity index (χ0) is 16.9. The van der Waals surface area contributed by atoms with Crippen molar-refractivity contribution in [2.75, 3.05) is 26.2 Å². The van der Waals surface area contributed by atoms with Gasteiger partial charge < -0.3 is 20.1 Å². The van der Waals surface area contributed by atoms with Crippen LogP contribution >= 0.6 is 0 Å². The average Bonchev–Trinajstić information content (AvgIpc) is 3.10. The molecule has 1 aromatic rings. The molecular weight excluding hydrogens is 308 g/mol. The maximum Gasteiger partial charge on any atom is 0.335 e. The molecule has 2 heterocycles. The van der Waals surface area contributed by atoms with Gasteiger partial charge in [0.1, 0.15) is 0 Å². The molecule has 0 unspecified atom stereocenters. The number of aromatic carboxylic acids is 1. The lowest BCUT2D eigenvalue weighted by molar-refractivity contribution is 0.0612. The van der Waals surface area contributed by atoms with Crippen molar-refractivity contribution in [3.63, 3.8) is 0 Å². The van der Waals surface area contributed by atoms with Gasteiger partial charge in [-0.1, -0.05) is 6.07 Å². The molecule has 3 rings (SSSR count). The molecule has 2 N–H and O–H groups in total. The summed E-state index contributed by atoms with van der Waals surface area (Å²) in [5.74, 6) is -1.22. The smallest absolute Gasteiger partial charge is 0.335 e. The second-order valence-corrected chi connectivity index (χ2v) is 6.57. The number of rotatable bonds is 5. The number of hydrogen-bond donors (Lipinski definition) is 2. The van der Waals surface area contributed by atoms with E-state index in [2.05, 4.69) is 10.2 Å². The predicted molar refractivity (Wildman–Crippen MR) is 89.3 cm³/mol. The van der Waals surface area contributed by atoms with Crippen LogP contribution in [0.2, 0.25) is 0 Å². The summed E-state index contributed by atoms with van der Waals surface area (Å²) < 4.78 is 5.68. The number of likely N-dealkylation sites (tertiary alicyclic amines) is 1. The van der Waals surface area contributed by atoms with E-state index in [9.17, 15) is 9.59 Å². The Morgan fingerprint density at radius 2 is 1.96 bits per heavy atom. The second kappa shape index (κ2) is 7.77. The minimum Gasteiger partial charge on any atom is -0.478 e. The predicted octanol–water partition coefficient (Wildman–Crippen LogP) is 1.76. The number of benzene rings is 1. The molecule has 1 atom stereocenters. The Morgan fingerprint density at radius 3 is 2.62 bits per heavy atom. The van der Waals surface area contributed by atoms with Crippen LogP contribution < -0.4 is 5.32 Å². The van der Waals surface area contributed by atoms with Crippen molar-refractivity contribution in [3.05, 3.63) is 35.4 Å². The van der Waals surface area contributed by atoms with E-state index in [0.29, 0.717) is 11.7 Å². The lowest BCUT2D eigenvalue weighted by Gasteiger charge is -2.33. The second-order valence-electron chi connectivity index (χ2n) is 6.57. The Morgan fingerprint density at radius 1 is 1.21 bits per heavy atom. The highest BCUT2D eigenvalue weighted by atomic mass is 16.5. The van der Waals surface area contributed by atoms with Crippen molar-refractivity contribution in [1.29, 1.82) is 0 Å². The molecule has 24 heavy (non-hydrogen) atoms. The number of nitrogens with one attached hydrogen (secondary N) is 1. The van der Waals surface area contributed by atoms with Crippen LogP contribution in [0, 0.1) is 0 Å². The number of piperidine rings is 1. The fourth-order valence-corrected chi connectivity index (χ4v) is 3.40. The molecule has 2 fully saturated rings. The van der Waals surface area contributed by atoms with Gasteiger partial charge in [0.05, 0.1) is 11.7 Å². The summed E-state index contributed by atoms with van der Waals surface area (Å²) in [5, 5.41) is 12.0. The minimum absolute atomic E-state index is 0.133. The summed E-state index contributed by atoms with van der Waals surface area (Å²) in [4.78, 5) is 25.7. The van der Waals surface area contributed by atoms with Gasteiger partial charge in [0.2, 0.25) is 0 Å². The maximum absolute atomic E-state index is 12.3. The topological polar surface area (TPSA) is 78.9 Å². The Bertz CT molecular complexity index is 590. The summed E-state index contributed by atoms with van der Waals surface area (Å²) in [6.07, 6.45) is 4.51. The molecule has 0 saturated carbocycles. The first kappa shape index (κ1) is 16.9. The quantitative estimate of drug-likeness (QED) is 0.859. The molecule has 0 spiro atoms. The third kappa shape index (κ3) is 4.33. The summed E-state index contributed by atoms with van der Waals surface area (Å²) >= 11 is 0. The highest BCUT2D eigenvalue weighted by Crippen LogP contribution is 2.17. The molecule has 2 saturated heterocycles. The molecular formula is C18H24N2O4. The Labute approximate surface area is 141 Å². The van der Waals surface area contributed by atoms with Gasteiger partial charge in [0, 0.05) is 37.8 Å². The molecule has 1 amide bonds. The van der Waals surface area contributed by atoms with Crippen molar-refractivity contribution in [3.8, 4) is 0 Å². The molecule has 6 nitrogen and oxygen atoms in total. The maximum atomic E-state index is 12.3. The van der Waals surface area contributed by atoms with E-state index >= 15 is 0 Å². The molecule has 0 radical (unpaired) electrons.